The average molecular weight is 531 g/mol. The normalized spacial score (nSPS) is 19.8. The summed E-state index contributed by atoms with van der Waals surface area (Å²) in [6, 6.07) is 7.82. The molecule has 3 rings (SSSR count). The summed E-state index contributed by atoms with van der Waals surface area (Å²) >= 11 is 0. The first-order valence-electron chi connectivity index (χ1n) is 10.6. The van der Waals surface area contributed by atoms with Crippen molar-refractivity contribution in [1.29, 1.82) is 0 Å². The van der Waals surface area contributed by atoms with Crippen molar-refractivity contribution in [1.82, 2.24) is 15.5 Å². The Hall–Kier alpha value is -1.43. The van der Waals surface area contributed by atoms with Gasteiger partial charge in [-0.15, -0.1) is 24.0 Å². The van der Waals surface area contributed by atoms with E-state index in [0.29, 0.717) is 13.2 Å². The number of nitrogens with zero attached hydrogens (tertiary/aromatic N) is 2. The fraction of sp³-hybridized carbons (Fsp3) is 0.619. The molecular weight excluding hydrogens is 497 g/mol. The van der Waals surface area contributed by atoms with Gasteiger partial charge < -0.3 is 25.4 Å². The van der Waals surface area contributed by atoms with Gasteiger partial charge in [-0.1, -0.05) is 12.1 Å². The zero-order chi connectivity index (χ0) is 20.3. The number of carbonyl (C=O) groups is 1. The minimum atomic E-state index is -0.326. The van der Waals surface area contributed by atoms with E-state index in [1.54, 1.807) is 0 Å². The van der Waals surface area contributed by atoms with Crippen molar-refractivity contribution in [3.05, 3.63) is 29.8 Å². The number of morpholine rings is 1. The summed E-state index contributed by atoms with van der Waals surface area (Å²) in [4.78, 5) is 19.3. The molecule has 1 aromatic carbocycles. The van der Waals surface area contributed by atoms with E-state index in [1.807, 2.05) is 24.3 Å². The summed E-state index contributed by atoms with van der Waals surface area (Å²) in [7, 11) is 0. The third-order valence-corrected chi connectivity index (χ3v) is 5.00. The Kier molecular flexibility index (Phi) is 11.4. The van der Waals surface area contributed by atoms with Crippen LogP contribution in [0.4, 0.5) is 5.69 Å². The number of guanidine groups is 1. The second-order valence-corrected chi connectivity index (χ2v) is 7.27. The molecular formula is C21H34IN5O3. The lowest BCUT2D eigenvalue weighted by molar-refractivity contribution is -0.124. The number of hydrogen-bond acceptors (Lipinski definition) is 5. The number of carbonyl (C=O) groups excluding carboxylic acids is 1. The average Bonchev–Trinajstić information content (AvgIpc) is 3.28. The van der Waals surface area contributed by atoms with E-state index in [2.05, 4.69) is 32.8 Å². The maximum absolute atomic E-state index is 12.2. The van der Waals surface area contributed by atoms with Crippen LogP contribution in [0.5, 0.6) is 0 Å². The van der Waals surface area contributed by atoms with Crippen LogP contribution < -0.4 is 16.0 Å². The standard InChI is InChI=1S/C21H33N5O3.HI/c1-2-22-21(23-8-9-26-10-13-28-14-11-26)24-16-17-5-3-6-18(15-17)25-20(27)19-7-4-12-29-19;/h3,5-6,15,19H,2,4,7-14,16H2,1H3,(H,25,27)(H2,22,23,24);1H. The van der Waals surface area contributed by atoms with Crippen molar-refractivity contribution in [2.45, 2.75) is 32.4 Å². The molecule has 9 heteroatoms. The Bertz CT molecular complexity index is 676. The molecule has 2 saturated heterocycles. The Morgan fingerprint density at radius 3 is 2.80 bits per heavy atom. The lowest BCUT2D eigenvalue weighted by atomic mass is 10.2. The Morgan fingerprint density at radius 1 is 1.23 bits per heavy atom. The van der Waals surface area contributed by atoms with E-state index in [4.69, 9.17) is 9.47 Å². The van der Waals surface area contributed by atoms with Gasteiger partial charge in [-0.25, -0.2) is 4.99 Å². The number of ether oxygens (including phenoxy) is 2. The SMILES string of the molecule is CCNC(=NCc1cccc(NC(=O)C2CCCO2)c1)NCCN1CCOCC1.I. The Labute approximate surface area is 196 Å². The molecule has 168 valence electrons. The van der Waals surface area contributed by atoms with Gasteiger partial charge in [-0.3, -0.25) is 9.69 Å². The summed E-state index contributed by atoms with van der Waals surface area (Å²) < 4.78 is 10.8. The van der Waals surface area contributed by atoms with Gasteiger partial charge in [-0.05, 0) is 37.5 Å². The molecule has 2 heterocycles. The van der Waals surface area contributed by atoms with Crippen molar-refractivity contribution in [3.8, 4) is 0 Å². The van der Waals surface area contributed by atoms with Gasteiger partial charge in [-0.2, -0.15) is 0 Å². The number of rotatable bonds is 8. The molecule has 2 aliphatic heterocycles. The predicted molar refractivity (Wildman–Crippen MR) is 130 cm³/mol. The lowest BCUT2D eigenvalue weighted by Gasteiger charge is -2.26. The molecule has 3 N–H and O–H groups in total. The summed E-state index contributed by atoms with van der Waals surface area (Å²) in [5.74, 6) is 0.732. The quantitative estimate of drug-likeness (QED) is 0.270. The molecule has 8 nitrogen and oxygen atoms in total. The molecule has 1 atom stereocenters. The zero-order valence-corrected chi connectivity index (χ0v) is 20.0. The van der Waals surface area contributed by atoms with Crippen LogP contribution >= 0.6 is 24.0 Å². The highest BCUT2D eigenvalue weighted by atomic mass is 127. The highest BCUT2D eigenvalue weighted by molar-refractivity contribution is 14.0. The first-order chi connectivity index (χ1) is 14.2. The molecule has 0 radical (unpaired) electrons. The monoisotopic (exact) mass is 531 g/mol. The maximum Gasteiger partial charge on any atom is 0.253 e. The third kappa shape index (κ3) is 8.37. The minimum Gasteiger partial charge on any atom is -0.379 e. The number of aliphatic imine (C=N–C) groups is 1. The number of hydrogen-bond donors (Lipinski definition) is 3. The highest BCUT2D eigenvalue weighted by Crippen LogP contribution is 2.16. The Morgan fingerprint density at radius 2 is 2.07 bits per heavy atom. The minimum absolute atomic E-state index is 0. The second-order valence-electron chi connectivity index (χ2n) is 7.27. The van der Waals surface area contributed by atoms with E-state index in [0.717, 1.165) is 76.0 Å². The molecule has 0 aromatic heterocycles. The van der Waals surface area contributed by atoms with Gasteiger partial charge in [0.05, 0.1) is 19.8 Å². The van der Waals surface area contributed by atoms with Gasteiger partial charge in [0.2, 0.25) is 0 Å². The Balaban J connectivity index is 0.00000320. The van der Waals surface area contributed by atoms with Crippen LogP contribution in [0.2, 0.25) is 0 Å². The van der Waals surface area contributed by atoms with Crippen LogP contribution in [0.15, 0.2) is 29.3 Å². The van der Waals surface area contributed by atoms with Gasteiger partial charge in [0, 0.05) is 45.0 Å². The fourth-order valence-corrected chi connectivity index (χ4v) is 3.42. The van der Waals surface area contributed by atoms with Crippen molar-refractivity contribution < 1.29 is 14.3 Å². The highest BCUT2D eigenvalue weighted by Gasteiger charge is 2.23. The van der Waals surface area contributed by atoms with Gasteiger partial charge >= 0.3 is 0 Å². The number of anilines is 1. The van der Waals surface area contributed by atoms with E-state index in [1.165, 1.54) is 0 Å². The van der Waals surface area contributed by atoms with E-state index in [-0.39, 0.29) is 36.0 Å². The van der Waals surface area contributed by atoms with Gasteiger partial charge in [0.1, 0.15) is 6.10 Å². The van der Waals surface area contributed by atoms with Crippen molar-refractivity contribution in [2.75, 3.05) is 57.9 Å². The zero-order valence-electron chi connectivity index (χ0n) is 17.7. The first-order valence-corrected chi connectivity index (χ1v) is 10.6. The fourth-order valence-electron chi connectivity index (χ4n) is 3.42. The molecule has 1 unspecified atom stereocenters. The smallest absolute Gasteiger partial charge is 0.253 e. The van der Waals surface area contributed by atoms with Crippen LogP contribution in [-0.4, -0.2) is 75.4 Å². The number of amides is 1. The molecule has 2 aliphatic rings. The molecule has 0 aliphatic carbocycles. The van der Waals surface area contributed by atoms with Crippen molar-refractivity contribution >= 4 is 41.5 Å². The summed E-state index contributed by atoms with van der Waals surface area (Å²) in [5.41, 5.74) is 1.82. The van der Waals surface area contributed by atoms with Crippen LogP contribution in [0.25, 0.3) is 0 Å². The summed E-state index contributed by atoms with van der Waals surface area (Å²) in [6.45, 7) is 9.47. The van der Waals surface area contributed by atoms with Crippen LogP contribution in [0, 0.1) is 0 Å². The topological polar surface area (TPSA) is 87.2 Å². The second kappa shape index (κ2) is 13.8. The molecule has 30 heavy (non-hydrogen) atoms. The number of benzene rings is 1. The van der Waals surface area contributed by atoms with Gasteiger partial charge in [0.25, 0.3) is 5.91 Å². The van der Waals surface area contributed by atoms with Crippen LogP contribution in [-0.2, 0) is 20.8 Å². The van der Waals surface area contributed by atoms with Crippen LogP contribution in [0.3, 0.4) is 0 Å². The molecule has 0 spiro atoms. The van der Waals surface area contributed by atoms with E-state index < -0.39 is 0 Å². The lowest BCUT2D eigenvalue weighted by Crippen LogP contribution is -2.44. The largest absolute Gasteiger partial charge is 0.379 e. The molecule has 0 saturated carbocycles. The van der Waals surface area contributed by atoms with Gasteiger partial charge in [0.15, 0.2) is 5.96 Å². The van der Waals surface area contributed by atoms with Crippen molar-refractivity contribution in [3.63, 3.8) is 0 Å². The molecule has 1 aromatic rings. The molecule has 2 fully saturated rings. The molecule has 1 amide bonds. The van der Waals surface area contributed by atoms with Crippen molar-refractivity contribution in [2.24, 2.45) is 4.99 Å². The van der Waals surface area contributed by atoms with E-state index >= 15 is 0 Å². The third-order valence-electron chi connectivity index (χ3n) is 5.00. The summed E-state index contributed by atoms with van der Waals surface area (Å²) in [5, 5.41) is 9.62. The number of nitrogens with one attached hydrogen (secondary N) is 3. The maximum atomic E-state index is 12.2. The first kappa shape index (κ1) is 24.8. The number of halogens is 1. The van der Waals surface area contributed by atoms with Crippen LogP contribution in [0.1, 0.15) is 25.3 Å². The predicted octanol–water partition coefficient (Wildman–Crippen LogP) is 1.81. The van der Waals surface area contributed by atoms with E-state index in [9.17, 15) is 4.79 Å². The molecule has 0 bridgehead atoms. The summed E-state index contributed by atoms with van der Waals surface area (Å²) in [6.07, 6.45) is 1.41.